The molecule has 0 aliphatic heterocycles. The minimum Gasteiger partial charge on any atom is -0.506 e. The van der Waals surface area contributed by atoms with Gasteiger partial charge in [-0.2, -0.15) is 0 Å². The molecule has 4 nitrogen and oxygen atoms in total. The molecule has 0 spiro atoms. The largest absolute Gasteiger partial charge is 0.506 e. The standard InChI is InChI=1S/C32H40O4/c1-20(2)14-15-24-19-31(17-16-21(3)4)27(34)25(26(33)23-12-10-9-11-13-23)28(35)32(29(31)36,18-22(5)6)30(24,7)8/h9-14,16,18,24,33H,15,17,19H2,1-8H3/b26-25-/t24-,31-,32+/m0/s1. The second-order valence-corrected chi connectivity index (χ2v) is 11.8. The third-order valence-electron chi connectivity index (χ3n) is 8.13. The molecule has 2 aliphatic rings. The van der Waals surface area contributed by atoms with Crippen LogP contribution >= 0.6 is 0 Å². The molecule has 192 valence electrons. The van der Waals surface area contributed by atoms with Gasteiger partial charge in [-0.05, 0) is 72.1 Å². The van der Waals surface area contributed by atoms with Gasteiger partial charge in [0.2, 0.25) is 0 Å². The lowest BCUT2D eigenvalue weighted by atomic mass is 9.39. The zero-order valence-corrected chi connectivity index (χ0v) is 23.0. The molecular formula is C32H40O4. The minimum absolute atomic E-state index is 0.0837. The highest BCUT2D eigenvalue weighted by molar-refractivity contribution is 6.42. The Labute approximate surface area is 215 Å². The van der Waals surface area contributed by atoms with Gasteiger partial charge in [-0.3, -0.25) is 14.4 Å². The van der Waals surface area contributed by atoms with Gasteiger partial charge in [0, 0.05) is 5.56 Å². The second-order valence-electron chi connectivity index (χ2n) is 11.8. The quantitative estimate of drug-likeness (QED) is 0.149. The van der Waals surface area contributed by atoms with E-state index in [1.165, 1.54) is 0 Å². The summed E-state index contributed by atoms with van der Waals surface area (Å²) in [5, 5.41) is 11.4. The highest BCUT2D eigenvalue weighted by Crippen LogP contribution is 2.65. The van der Waals surface area contributed by atoms with Gasteiger partial charge in [-0.25, -0.2) is 0 Å². The summed E-state index contributed by atoms with van der Waals surface area (Å²) < 4.78 is 0. The Hall–Kier alpha value is -3.01. The maximum absolute atomic E-state index is 14.6. The van der Waals surface area contributed by atoms with Gasteiger partial charge in [0.15, 0.2) is 17.3 Å². The number of hydrogen-bond acceptors (Lipinski definition) is 4. The maximum Gasteiger partial charge on any atom is 0.188 e. The molecule has 2 bridgehead atoms. The number of fused-ring (bicyclic) bond motifs is 2. The van der Waals surface area contributed by atoms with Gasteiger partial charge in [0.05, 0.1) is 5.41 Å². The van der Waals surface area contributed by atoms with Crippen molar-refractivity contribution in [2.24, 2.45) is 22.2 Å². The van der Waals surface area contributed by atoms with Crippen LogP contribution in [-0.2, 0) is 14.4 Å². The van der Waals surface area contributed by atoms with Crippen LogP contribution in [-0.4, -0.2) is 22.5 Å². The van der Waals surface area contributed by atoms with Gasteiger partial charge in [0.1, 0.15) is 16.7 Å². The Kier molecular flexibility index (Phi) is 7.51. The second kappa shape index (κ2) is 9.80. The van der Waals surface area contributed by atoms with Crippen molar-refractivity contribution in [3.8, 4) is 0 Å². The Balaban J connectivity index is 2.45. The van der Waals surface area contributed by atoms with E-state index in [1.807, 2.05) is 67.5 Å². The minimum atomic E-state index is -1.55. The van der Waals surface area contributed by atoms with Crippen molar-refractivity contribution in [2.75, 3.05) is 0 Å². The van der Waals surface area contributed by atoms with Gasteiger partial charge in [-0.1, -0.05) is 79.1 Å². The van der Waals surface area contributed by atoms with E-state index in [4.69, 9.17) is 0 Å². The predicted octanol–water partition coefficient (Wildman–Crippen LogP) is 7.37. The molecule has 3 atom stereocenters. The third kappa shape index (κ3) is 4.25. The molecule has 0 saturated heterocycles. The van der Waals surface area contributed by atoms with Crippen molar-refractivity contribution in [1.29, 1.82) is 0 Å². The highest BCUT2D eigenvalue weighted by Gasteiger charge is 2.73. The summed E-state index contributed by atoms with van der Waals surface area (Å²) in [5.74, 6) is -1.89. The fourth-order valence-electron chi connectivity index (χ4n) is 6.00. The highest BCUT2D eigenvalue weighted by atomic mass is 16.3. The molecule has 0 amide bonds. The van der Waals surface area contributed by atoms with Crippen molar-refractivity contribution in [3.05, 3.63) is 76.4 Å². The molecule has 1 N–H and O–H groups in total. The Morgan fingerprint density at radius 2 is 1.47 bits per heavy atom. The van der Waals surface area contributed by atoms with Crippen LogP contribution in [0, 0.1) is 22.2 Å². The molecule has 4 heteroatoms. The average Bonchev–Trinajstić information content (AvgIpc) is 2.80. The van der Waals surface area contributed by atoms with Gasteiger partial charge < -0.3 is 5.11 Å². The maximum atomic E-state index is 14.6. The van der Waals surface area contributed by atoms with E-state index >= 15 is 0 Å². The topological polar surface area (TPSA) is 71.4 Å². The van der Waals surface area contributed by atoms with Gasteiger partial charge in [-0.15, -0.1) is 0 Å². The number of aliphatic hydroxyl groups is 1. The molecule has 2 fully saturated rings. The summed E-state index contributed by atoms with van der Waals surface area (Å²) in [6, 6.07) is 8.66. The number of allylic oxidation sites excluding steroid dienone is 7. The summed E-state index contributed by atoms with van der Waals surface area (Å²) in [7, 11) is 0. The molecule has 2 saturated carbocycles. The molecule has 36 heavy (non-hydrogen) atoms. The Morgan fingerprint density at radius 3 is 2.00 bits per heavy atom. The first-order chi connectivity index (χ1) is 16.7. The van der Waals surface area contributed by atoms with Crippen LogP contribution in [0.4, 0.5) is 0 Å². The lowest BCUT2D eigenvalue weighted by molar-refractivity contribution is -0.170. The van der Waals surface area contributed by atoms with Crippen LogP contribution in [0.3, 0.4) is 0 Å². The van der Waals surface area contributed by atoms with Crippen LogP contribution in [0.1, 0.15) is 80.2 Å². The number of aliphatic hydroxyl groups excluding tert-OH is 1. The van der Waals surface area contributed by atoms with Crippen molar-refractivity contribution < 1.29 is 19.5 Å². The number of Topliss-reactive ketones (excluding diaryl/α,β-unsaturated/α-hetero) is 3. The average molecular weight is 489 g/mol. The summed E-state index contributed by atoms with van der Waals surface area (Å²) in [6.07, 6.45) is 7.05. The zero-order chi connectivity index (χ0) is 27.1. The first kappa shape index (κ1) is 27.6. The van der Waals surface area contributed by atoms with E-state index in [0.717, 1.165) is 16.7 Å². The molecule has 0 unspecified atom stereocenters. The zero-order valence-electron chi connectivity index (χ0n) is 23.0. The van der Waals surface area contributed by atoms with Crippen LogP contribution < -0.4 is 0 Å². The normalized spacial score (nSPS) is 28.3. The SMILES string of the molecule is CC(C)=CC[C@H]1C[C@@]2(CC=C(C)C)C(=O)/C(=C(/O)c3ccccc3)C(=O)[C@](C=C(C)C)(C2=O)C1(C)C. The molecule has 3 rings (SSSR count). The Bertz CT molecular complexity index is 1200. The number of hydrogen-bond donors (Lipinski definition) is 1. The molecule has 1 aromatic rings. The van der Waals surface area contributed by atoms with Crippen molar-refractivity contribution >= 4 is 23.1 Å². The van der Waals surface area contributed by atoms with Crippen LogP contribution in [0.15, 0.2) is 70.9 Å². The third-order valence-corrected chi connectivity index (χ3v) is 8.13. The van der Waals surface area contributed by atoms with E-state index in [1.54, 1.807) is 30.3 Å². The van der Waals surface area contributed by atoms with Crippen LogP contribution in [0.2, 0.25) is 0 Å². The predicted molar refractivity (Wildman–Crippen MR) is 145 cm³/mol. The number of carbonyl (C=O) groups is 3. The molecule has 1 aromatic carbocycles. The van der Waals surface area contributed by atoms with Crippen LogP contribution in [0.25, 0.3) is 5.76 Å². The summed E-state index contributed by atoms with van der Waals surface area (Å²) in [4.78, 5) is 43.4. The summed E-state index contributed by atoms with van der Waals surface area (Å²) >= 11 is 0. The molecule has 0 aromatic heterocycles. The van der Waals surface area contributed by atoms with E-state index in [9.17, 15) is 19.5 Å². The van der Waals surface area contributed by atoms with E-state index in [0.29, 0.717) is 18.4 Å². The fourth-order valence-corrected chi connectivity index (χ4v) is 6.00. The van der Waals surface area contributed by atoms with Crippen LogP contribution in [0.5, 0.6) is 0 Å². The first-order valence-corrected chi connectivity index (χ1v) is 12.8. The van der Waals surface area contributed by atoms with Crippen molar-refractivity contribution in [2.45, 2.75) is 74.7 Å². The Morgan fingerprint density at radius 1 is 0.889 bits per heavy atom. The van der Waals surface area contributed by atoms with E-state index in [2.05, 4.69) is 6.08 Å². The monoisotopic (exact) mass is 488 g/mol. The lowest BCUT2D eigenvalue weighted by Crippen LogP contribution is -2.69. The van der Waals surface area contributed by atoms with E-state index in [-0.39, 0.29) is 29.5 Å². The molecule has 0 radical (unpaired) electrons. The molecular weight excluding hydrogens is 448 g/mol. The first-order valence-electron chi connectivity index (χ1n) is 12.8. The molecule has 2 aliphatic carbocycles. The number of ketones is 3. The van der Waals surface area contributed by atoms with Crippen molar-refractivity contribution in [1.82, 2.24) is 0 Å². The lowest BCUT2D eigenvalue weighted by Gasteiger charge is -2.59. The smallest absolute Gasteiger partial charge is 0.188 e. The van der Waals surface area contributed by atoms with Gasteiger partial charge in [0.25, 0.3) is 0 Å². The summed E-state index contributed by atoms with van der Waals surface area (Å²) in [5.41, 5.74) is -0.602. The fraction of sp³-hybridized carbons (Fsp3) is 0.469. The van der Waals surface area contributed by atoms with E-state index < -0.39 is 27.8 Å². The summed E-state index contributed by atoms with van der Waals surface area (Å²) in [6.45, 7) is 15.6. The van der Waals surface area contributed by atoms with Crippen molar-refractivity contribution in [3.63, 3.8) is 0 Å². The number of benzene rings is 1. The number of carbonyl (C=O) groups excluding carboxylic acids is 3. The molecule has 0 heterocycles. The van der Waals surface area contributed by atoms with Gasteiger partial charge >= 0.3 is 0 Å². The number of rotatable bonds is 6.